The Kier molecular flexibility index (Phi) is 11.5. The van der Waals surface area contributed by atoms with Gasteiger partial charge in [0.05, 0.1) is 24.2 Å². The molecule has 1 amide bonds. The molecule has 0 radical (unpaired) electrons. The molecule has 0 aromatic heterocycles. The number of hydrogen-bond donors (Lipinski definition) is 1. The molecule has 6 aliphatic rings. The SMILES string of the molecule is CO[C@@]1(CN2CCC3(CCOC3)CC2)/C=C/C[C@H](C)[C@@H](C)S(=O)(=O)NC(=O)c2ccc3c(c2)N(CCCCC2C=C(Cl)C=CC2(C)CO3)C[C@@H]2CC[C@H]21. The number of carbonyl (C=O) groups excluding carboxylic acids is 1. The van der Waals surface area contributed by atoms with Crippen molar-refractivity contribution in [3.05, 3.63) is 59.2 Å². The first-order chi connectivity index (χ1) is 25.3. The molecular formula is C42H60ClN3O6S. The molecule has 292 valence electrons. The van der Waals surface area contributed by atoms with Crippen molar-refractivity contribution in [1.82, 2.24) is 9.62 Å². The van der Waals surface area contributed by atoms with Crippen LogP contribution < -0.4 is 14.4 Å². The Morgan fingerprint density at radius 2 is 1.85 bits per heavy atom. The largest absolute Gasteiger partial charge is 0.490 e. The molecule has 2 bridgehead atoms. The van der Waals surface area contributed by atoms with Crippen molar-refractivity contribution in [2.45, 2.75) is 89.4 Å². The Labute approximate surface area is 322 Å². The van der Waals surface area contributed by atoms with Gasteiger partial charge in [-0.1, -0.05) is 56.2 Å². The number of nitrogens with zero attached hydrogens (tertiary/aromatic N) is 2. The van der Waals surface area contributed by atoms with Gasteiger partial charge in [-0.3, -0.25) is 4.79 Å². The van der Waals surface area contributed by atoms with Crippen LogP contribution in [0.3, 0.4) is 0 Å². The maximum Gasteiger partial charge on any atom is 0.264 e. The highest BCUT2D eigenvalue weighted by atomic mass is 35.5. The van der Waals surface area contributed by atoms with Gasteiger partial charge in [-0.05, 0) is 125 Å². The van der Waals surface area contributed by atoms with Crippen molar-refractivity contribution in [3.8, 4) is 5.75 Å². The van der Waals surface area contributed by atoms with Crippen molar-refractivity contribution in [3.63, 3.8) is 0 Å². The summed E-state index contributed by atoms with van der Waals surface area (Å²) in [4.78, 5) is 18.7. The lowest BCUT2D eigenvalue weighted by molar-refractivity contribution is -0.0971. The number of likely N-dealkylation sites (tertiary alicyclic amines) is 1. The number of halogens is 1. The minimum absolute atomic E-state index is 0.214. The standard InChI is InChI=1S/C42H60ClN3O6S/c1-30-8-7-15-42(50-4,27-45-21-17-41(18-22-45)19-23-51-29-41)36-12-10-33(36)26-46-20-6-5-9-34-25-35(43)14-16-40(34,3)28-52-38-13-11-32(24-37(38)46)39(47)44-53(48,49)31(30)2/h7,11,13-16,24-25,30-31,33-34,36H,5-6,8-10,12,17-23,26-29H2,1-4H3,(H,44,47)/b15-7+/t30-,31+,33-,34?,36+,40?,42+/m0/s1. The molecule has 53 heavy (non-hydrogen) atoms. The number of piperidine rings is 1. The number of nitrogens with one attached hydrogen (secondary N) is 1. The third kappa shape index (κ3) is 8.14. The number of rotatable bonds is 3. The number of carbonyl (C=O) groups is 1. The predicted molar refractivity (Wildman–Crippen MR) is 211 cm³/mol. The van der Waals surface area contributed by atoms with E-state index in [4.69, 9.17) is 25.8 Å². The maximum atomic E-state index is 13.7. The van der Waals surface area contributed by atoms with E-state index in [0.29, 0.717) is 35.7 Å². The molecule has 7 atom stereocenters. The number of methoxy groups -OCH3 is 1. The Bertz CT molecular complexity index is 1700. The highest BCUT2D eigenvalue weighted by molar-refractivity contribution is 7.90. The van der Waals surface area contributed by atoms with Crippen molar-refractivity contribution in [2.24, 2.45) is 34.5 Å². The quantitative estimate of drug-likeness (QED) is 0.320. The molecule has 1 N–H and O–H groups in total. The van der Waals surface area contributed by atoms with E-state index in [0.717, 1.165) is 108 Å². The predicted octanol–water partition coefficient (Wildman–Crippen LogP) is 7.33. The molecule has 1 aromatic rings. The third-order valence-electron chi connectivity index (χ3n) is 14.0. The summed E-state index contributed by atoms with van der Waals surface area (Å²) in [6.45, 7) is 12.5. The van der Waals surface area contributed by atoms with E-state index in [9.17, 15) is 13.2 Å². The zero-order valence-corrected chi connectivity index (χ0v) is 33.7. The molecule has 4 aliphatic heterocycles. The summed E-state index contributed by atoms with van der Waals surface area (Å²) in [7, 11) is -2.09. The molecule has 1 spiro atoms. The van der Waals surface area contributed by atoms with Gasteiger partial charge in [-0.25, -0.2) is 13.1 Å². The van der Waals surface area contributed by atoms with Crippen molar-refractivity contribution in [1.29, 1.82) is 0 Å². The minimum Gasteiger partial charge on any atom is -0.490 e. The molecule has 9 nitrogen and oxygen atoms in total. The monoisotopic (exact) mass is 769 g/mol. The first kappa shape index (κ1) is 38.9. The molecule has 2 saturated heterocycles. The van der Waals surface area contributed by atoms with Gasteiger partial charge in [0.25, 0.3) is 5.91 Å². The number of ether oxygens (including phenoxy) is 3. The Morgan fingerprint density at radius 1 is 1.04 bits per heavy atom. The number of sulfonamides is 1. The smallest absolute Gasteiger partial charge is 0.264 e. The number of benzene rings is 1. The molecule has 3 fully saturated rings. The summed E-state index contributed by atoms with van der Waals surface area (Å²) in [5.41, 5.74) is 0.722. The Morgan fingerprint density at radius 3 is 2.57 bits per heavy atom. The van der Waals surface area contributed by atoms with Gasteiger partial charge in [-0.2, -0.15) is 0 Å². The molecule has 4 heterocycles. The average molecular weight is 770 g/mol. The van der Waals surface area contributed by atoms with Crippen LogP contribution >= 0.6 is 11.6 Å². The van der Waals surface area contributed by atoms with E-state index < -0.39 is 26.8 Å². The average Bonchev–Trinajstić information content (AvgIpc) is 3.58. The second-order valence-corrected chi connectivity index (χ2v) is 19.9. The molecule has 2 unspecified atom stereocenters. The van der Waals surface area contributed by atoms with Gasteiger partial charge >= 0.3 is 0 Å². The topological polar surface area (TPSA) is 97.4 Å². The fourth-order valence-corrected chi connectivity index (χ4v) is 11.3. The van der Waals surface area contributed by atoms with Crippen LogP contribution in [-0.4, -0.2) is 89.7 Å². The highest BCUT2D eigenvalue weighted by Gasteiger charge is 2.49. The summed E-state index contributed by atoms with van der Waals surface area (Å²) in [6.07, 6.45) is 19.9. The summed E-state index contributed by atoms with van der Waals surface area (Å²) in [5.74, 6) is 0.776. The zero-order chi connectivity index (χ0) is 37.4. The van der Waals surface area contributed by atoms with Crippen molar-refractivity contribution >= 4 is 33.2 Å². The number of anilines is 1. The van der Waals surface area contributed by atoms with Gasteiger partial charge in [0.15, 0.2) is 0 Å². The lowest BCUT2D eigenvalue weighted by atomic mass is 9.63. The maximum absolute atomic E-state index is 13.7. The molecule has 1 aromatic carbocycles. The van der Waals surface area contributed by atoms with Crippen LogP contribution in [0.5, 0.6) is 5.75 Å². The lowest BCUT2D eigenvalue weighted by Gasteiger charge is -2.52. The fraction of sp³-hybridized carbons (Fsp3) is 0.690. The van der Waals surface area contributed by atoms with E-state index in [2.05, 4.69) is 45.7 Å². The number of amides is 1. The van der Waals surface area contributed by atoms with Crippen molar-refractivity contribution < 1.29 is 27.4 Å². The van der Waals surface area contributed by atoms with Crippen LogP contribution in [0, 0.1) is 34.5 Å². The molecule has 11 heteroatoms. The number of allylic oxidation sites excluding steroid dienone is 4. The van der Waals surface area contributed by atoms with Crippen molar-refractivity contribution in [2.75, 3.05) is 64.6 Å². The third-order valence-corrected chi connectivity index (χ3v) is 16.2. The minimum atomic E-state index is -3.95. The van der Waals surface area contributed by atoms with Crippen LogP contribution in [0.25, 0.3) is 0 Å². The van der Waals surface area contributed by atoms with Crippen LogP contribution in [0.2, 0.25) is 0 Å². The van der Waals surface area contributed by atoms with E-state index in [1.165, 1.54) is 0 Å². The van der Waals surface area contributed by atoms with Gasteiger partial charge < -0.3 is 24.0 Å². The lowest BCUT2D eigenvalue weighted by Crippen LogP contribution is -2.57. The second-order valence-electron chi connectivity index (χ2n) is 17.4. The van der Waals surface area contributed by atoms with E-state index >= 15 is 0 Å². The summed E-state index contributed by atoms with van der Waals surface area (Å²) >= 11 is 6.50. The van der Waals surface area contributed by atoms with E-state index in [1.54, 1.807) is 13.0 Å². The first-order valence-corrected chi connectivity index (χ1v) is 21.9. The number of fused-ring (bicyclic) bond motifs is 3. The van der Waals surface area contributed by atoms with Crippen LogP contribution in [0.15, 0.2) is 53.6 Å². The summed E-state index contributed by atoms with van der Waals surface area (Å²) < 4.78 is 48.9. The molecule has 7 rings (SSSR count). The van der Waals surface area contributed by atoms with Gasteiger partial charge in [-0.15, -0.1) is 0 Å². The molecule has 2 aliphatic carbocycles. The van der Waals surface area contributed by atoms with Crippen LogP contribution in [-0.2, 0) is 19.5 Å². The van der Waals surface area contributed by atoms with E-state index in [-0.39, 0.29) is 23.2 Å². The van der Waals surface area contributed by atoms with Gasteiger partial charge in [0, 0.05) is 49.4 Å². The summed E-state index contributed by atoms with van der Waals surface area (Å²) in [6, 6.07) is 5.39. The number of hydrogen-bond acceptors (Lipinski definition) is 8. The molecular weight excluding hydrogens is 710 g/mol. The van der Waals surface area contributed by atoms with E-state index in [1.807, 2.05) is 32.2 Å². The van der Waals surface area contributed by atoms with Crippen LogP contribution in [0.4, 0.5) is 5.69 Å². The Balaban J connectivity index is 1.24. The first-order valence-electron chi connectivity index (χ1n) is 20.0. The zero-order valence-electron chi connectivity index (χ0n) is 32.2. The summed E-state index contributed by atoms with van der Waals surface area (Å²) in [5, 5.41) is -0.00439. The normalized spacial score (nSPS) is 36.8. The highest BCUT2D eigenvalue weighted by Crippen LogP contribution is 2.48. The van der Waals surface area contributed by atoms with Gasteiger partial charge in [0.1, 0.15) is 11.4 Å². The van der Waals surface area contributed by atoms with Crippen LogP contribution in [0.1, 0.15) is 88.9 Å². The van der Waals surface area contributed by atoms with Gasteiger partial charge in [0.2, 0.25) is 10.0 Å². The molecule has 1 saturated carbocycles. The second kappa shape index (κ2) is 15.6. The fourth-order valence-electron chi connectivity index (χ4n) is 9.77. The Hall–Kier alpha value is -2.37.